The van der Waals surface area contributed by atoms with Crippen LogP contribution in [0.1, 0.15) is 87.0 Å². The summed E-state index contributed by atoms with van der Waals surface area (Å²) in [4.78, 5) is 27.8. The summed E-state index contributed by atoms with van der Waals surface area (Å²) in [7, 11) is 0. The van der Waals surface area contributed by atoms with E-state index < -0.39 is 5.60 Å². The van der Waals surface area contributed by atoms with Crippen molar-refractivity contribution < 1.29 is 14.1 Å². The Kier molecular flexibility index (Phi) is 5.23. The monoisotopic (exact) mass is 475 g/mol. The zero-order chi connectivity index (χ0) is 24.2. The standard InChI is InChI=1S/C27H33N5O3/c1-26(2,3)34-25(33)32(22-14-19(22)17-7-5-4-6-8-17)15-27(11-12-27)24-30-23(35-31-24)18-9-10-20-21(13-18)29-16-28-20/h4-8,16,18-19,22H,9-15H2,1-3H3,(H,28,29)/t18?,19?,22-/m0/s1. The lowest BCUT2D eigenvalue weighted by atomic mass is 9.90. The second-order valence-electron chi connectivity index (χ2n) is 11.4. The third kappa shape index (κ3) is 4.46. The number of H-pyrrole nitrogens is 1. The van der Waals surface area contributed by atoms with Gasteiger partial charge in [0.05, 0.1) is 17.4 Å². The molecule has 0 radical (unpaired) electrons. The van der Waals surface area contributed by atoms with Gasteiger partial charge in [0, 0.05) is 36.5 Å². The van der Waals surface area contributed by atoms with Crippen LogP contribution in [0.15, 0.2) is 41.2 Å². The fourth-order valence-electron chi connectivity index (χ4n) is 5.38. The summed E-state index contributed by atoms with van der Waals surface area (Å²) in [5.41, 5.74) is 2.78. The van der Waals surface area contributed by atoms with Crippen molar-refractivity contribution in [1.82, 2.24) is 25.0 Å². The van der Waals surface area contributed by atoms with E-state index in [1.54, 1.807) is 6.33 Å². The molecule has 35 heavy (non-hydrogen) atoms. The molecule has 2 saturated carbocycles. The van der Waals surface area contributed by atoms with Gasteiger partial charge < -0.3 is 19.1 Å². The zero-order valence-electron chi connectivity index (χ0n) is 20.7. The van der Waals surface area contributed by atoms with Crippen molar-refractivity contribution in [2.75, 3.05) is 6.54 Å². The first-order valence-corrected chi connectivity index (χ1v) is 12.7. The van der Waals surface area contributed by atoms with Crippen molar-refractivity contribution in [2.24, 2.45) is 0 Å². The van der Waals surface area contributed by atoms with Crippen LogP contribution < -0.4 is 0 Å². The minimum atomic E-state index is -0.547. The predicted octanol–water partition coefficient (Wildman–Crippen LogP) is 4.89. The molecule has 8 nitrogen and oxygen atoms in total. The average Bonchev–Trinajstić information content (AvgIpc) is 3.68. The first kappa shape index (κ1) is 22.3. The number of carbonyl (C=O) groups excluding carboxylic acids is 1. The summed E-state index contributed by atoms with van der Waals surface area (Å²) in [6, 6.07) is 10.6. The van der Waals surface area contributed by atoms with Gasteiger partial charge in [0.25, 0.3) is 0 Å². The van der Waals surface area contributed by atoms with Gasteiger partial charge in [-0.25, -0.2) is 9.78 Å². The molecule has 2 fully saturated rings. The summed E-state index contributed by atoms with van der Waals surface area (Å²) in [5.74, 6) is 1.97. The van der Waals surface area contributed by atoms with Crippen molar-refractivity contribution in [3.8, 4) is 0 Å². The van der Waals surface area contributed by atoms with Gasteiger partial charge >= 0.3 is 6.09 Å². The van der Waals surface area contributed by atoms with E-state index in [2.05, 4.69) is 39.4 Å². The van der Waals surface area contributed by atoms with Crippen molar-refractivity contribution >= 4 is 6.09 Å². The van der Waals surface area contributed by atoms with Crippen molar-refractivity contribution in [3.63, 3.8) is 0 Å². The number of aryl methyl sites for hydroxylation is 1. The fraction of sp³-hybridized carbons (Fsp3) is 0.556. The summed E-state index contributed by atoms with van der Waals surface area (Å²) in [5, 5.41) is 4.42. The number of imidazole rings is 1. The highest BCUT2D eigenvalue weighted by atomic mass is 16.6. The molecule has 3 aliphatic rings. The normalized spacial score (nSPS) is 24.5. The number of nitrogens with one attached hydrogen (secondary N) is 1. The highest BCUT2D eigenvalue weighted by Crippen LogP contribution is 2.52. The average molecular weight is 476 g/mol. The number of hydrogen-bond donors (Lipinski definition) is 1. The molecule has 184 valence electrons. The number of fused-ring (bicyclic) bond motifs is 1. The number of hydrogen-bond acceptors (Lipinski definition) is 6. The van der Waals surface area contributed by atoms with E-state index in [1.807, 2.05) is 31.7 Å². The van der Waals surface area contributed by atoms with Gasteiger partial charge in [-0.05, 0) is 58.4 Å². The van der Waals surface area contributed by atoms with Gasteiger partial charge in [0.2, 0.25) is 5.89 Å². The highest BCUT2D eigenvalue weighted by molar-refractivity contribution is 5.70. The van der Waals surface area contributed by atoms with Crippen LogP contribution in [0.2, 0.25) is 0 Å². The Morgan fingerprint density at radius 3 is 2.80 bits per heavy atom. The number of benzene rings is 1. The Bertz CT molecular complexity index is 1210. The number of amides is 1. The third-order valence-electron chi connectivity index (χ3n) is 7.59. The Morgan fingerprint density at radius 2 is 2.06 bits per heavy atom. The number of aromatic nitrogens is 4. The van der Waals surface area contributed by atoms with Crippen LogP contribution in [0.25, 0.3) is 0 Å². The van der Waals surface area contributed by atoms with E-state index in [1.165, 1.54) is 11.3 Å². The van der Waals surface area contributed by atoms with Crippen LogP contribution in [-0.2, 0) is 23.0 Å². The fourth-order valence-corrected chi connectivity index (χ4v) is 5.38. The molecule has 1 N–H and O–H groups in total. The maximum atomic E-state index is 13.3. The molecule has 2 heterocycles. The van der Waals surface area contributed by atoms with Gasteiger partial charge in [-0.1, -0.05) is 35.5 Å². The molecule has 0 spiro atoms. The van der Waals surface area contributed by atoms with Crippen LogP contribution in [0, 0.1) is 0 Å². The van der Waals surface area contributed by atoms with Crippen molar-refractivity contribution in [1.29, 1.82) is 0 Å². The molecule has 0 aliphatic heterocycles. The van der Waals surface area contributed by atoms with Crippen LogP contribution in [-0.4, -0.2) is 49.3 Å². The van der Waals surface area contributed by atoms with E-state index >= 15 is 0 Å². The van der Waals surface area contributed by atoms with E-state index in [-0.39, 0.29) is 23.5 Å². The lowest BCUT2D eigenvalue weighted by molar-refractivity contribution is 0.0208. The minimum absolute atomic E-state index is 0.133. The molecule has 1 aromatic carbocycles. The summed E-state index contributed by atoms with van der Waals surface area (Å²) in [6.45, 7) is 6.30. The minimum Gasteiger partial charge on any atom is -0.444 e. The maximum Gasteiger partial charge on any atom is 0.410 e. The number of rotatable bonds is 6. The van der Waals surface area contributed by atoms with E-state index in [4.69, 9.17) is 14.2 Å². The molecule has 3 atom stereocenters. The zero-order valence-corrected chi connectivity index (χ0v) is 20.7. The first-order valence-electron chi connectivity index (χ1n) is 12.7. The molecule has 3 aromatic rings. The summed E-state index contributed by atoms with van der Waals surface area (Å²) in [6.07, 6.45) is 7.07. The molecule has 2 aromatic heterocycles. The van der Waals surface area contributed by atoms with Crippen LogP contribution in [0.5, 0.6) is 0 Å². The first-order chi connectivity index (χ1) is 16.8. The maximum absolute atomic E-state index is 13.3. The lowest BCUT2D eigenvalue weighted by Crippen LogP contribution is -2.43. The Balaban J connectivity index is 1.21. The highest BCUT2D eigenvalue weighted by Gasteiger charge is 2.55. The van der Waals surface area contributed by atoms with Crippen molar-refractivity contribution in [2.45, 2.75) is 88.2 Å². The summed E-state index contributed by atoms with van der Waals surface area (Å²) >= 11 is 0. The van der Waals surface area contributed by atoms with Gasteiger partial charge in [-0.3, -0.25) is 0 Å². The molecule has 6 rings (SSSR count). The molecule has 8 heteroatoms. The number of aromatic amines is 1. The second kappa shape index (κ2) is 8.21. The Hall–Kier alpha value is -3.16. The predicted molar refractivity (Wildman–Crippen MR) is 129 cm³/mol. The Labute approximate surface area is 205 Å². The van der Waals surface area contributed by atoms with Crippen LogP contribution in [0.4, 0.5) is 4.79 Å². The molecule has 2 unspecified atom stereocenters. The van der Waals surface area contributed by atoms with Gasteiger partial charge in [0.1, 0.15) is 5.60 Å². The Morgan fingerprint density at radius 1 is 1.26 bits per heavy atom. The van der Waals surface area contributed by atoms with E-state index in [0.29, 0.717) is 18.4 Å². The van der Waals surface area contributed by atoms with Gasteiger partial charge in [0.15, 0.2) is 5.82 Å². The van der Waals surface area contributed by atoms with Crippen molar-refractivity contribution in [3.05, 3.63) is 65.3 Å². The topological polar surface area (TPSA) is 97.1 Å². The van der Waals surface area contributed by atoms with Crippen LogP contribution >= 0.6 is 0 Å². The third-order valence-corrected chi connectivity index (χ3v) is 7.59. The number of ether oxygens (including phenoxy) is 1. The SMILES string of the molecule is CC(C)(C)OC(=O)N(CC1(c2noc(C3CCc4nc[nH]c4C3)n2)CC1)[C@H]1CC1c1ccccc1. The summed E-state index contributed by atoms with van der Waals surface area (Å²) < 4.78 is 11.6. The largest absolute Gasteiger partial charge is 0.444 e. The molecular formula is C27H33N5O3. The lowest BCUT2D eigenvalue weighted by Gasteiger charge is -2.30. The molecule has 0 saturated heterocycles. The van der Waals surface area contributed by atoms with Gasteiger partial charge in [-0.15, -0.1) is 0 Å². The number of carbonyl (C=O) groups is 1. The smallest absolute Gasteiger partial charge is 0.410 e. The van der Waals surface area contributed by atoms with E-state index in [9.17, 15) is 4.79 Å². The molecule has 3 aliphatic carbocycles. The van der Waals surface area contributed by atoms with E-state index in [0.717, 1.165) is 50.0 Å². The quantitative estimate of drug-likeness (QED) is 0.545. The molecule has 1 amide bonds. The molecule has 0 bridgehead atoms. The number of nitrogens with zero attached hydrogens (tertiary/aromatic N) is 4. The van der Waals surface area contributed by atoms with Gasteiger partial charge in [-0.2, -0.15) is 4.98 Å². The van der Waals surface area contributed by atoms with Crippen LogP contribution in [0.3, 0.4) is 0 Å². The second-order valence-corrected chi connectivity index (χ2v) is 11.4. The molecular weight excluding hydrogens is 442 g/mol.